The molecule has 3 nitrogen and oxygen atoms in total. The Morgan fingerprint density at radius 2 is 2.29 bits per heavy atom. The molecule has 1 aromatic heterocycles. The number of fused-ring (bicyclic) bond motifs is 2. The van der Waals surface area contributed by atoms with E-state index in [0.717, 1.165) is 5.92 Å². The van der Waals surface area contributed by atoms with Gasteiger partial charge in [-0.05, 0) is 50.4 Å². The Morgan fingerprint density at radius 1 is 1.41 bits per heavy atom. The Bertz CT molecular complexity index is 365. The van der Waals surface area contributed by atoms with Gasteiger partial charge >= 0.3 is 0 Å². The van der Waals surface area contributed by atoms with Crippen LogP contribution in [0.4, 0.5) is 0 Å². The van der Waals surface area contributed by atoms with E-state index in [1.165, 1.54) is 38.0 Å². The molecule has 2 aliphatic heterocycles. The number of nitrogens with one attached hydrogen (secondary N) is 1. The zero-order chi connectivity index (χ0) is 11.7. The molecular formula is C14H21N3. The standard InChI is InChI=1S/C14H21N3/c1-11(12-3-2-6-15-9-12)16-14-5-8-17-7-4-13(14)10-17/h2-3,6,9,11,13-14,16H,4-5,7-8,10H2,1H3/t11-,13?,14?/m1/s1. The molecule has 2 fully saturated rings. The highest BCUT2D eigenvalue weighted by molar-refractivity contribution is 5.13. The van der Waals surface area contributed by atoms with Crippen LogP contribution in [0.1, 0.15) is 31.4 Å². The molecule has 3 heteroatoms. The molecule has 1 aromatic rings. The van der Waals surface area contributed by atoms with E-state index < -0.39 is 0 Å². The number of pyridine rings is 1. The van der Waals surface area contributed by atoms with Crippen LogP contribution in [0, 0.1) is 5.92 Å². The first kappa shape index (κ1) is 11.2. The maximum Gasteiger partial charge on any atom is 0.0315 e. The largest absolute Gasteiger partial charge is 0.307 e. The van der Waals surface area contributed by atoms with Gasteiger partial charge in [0.15, 0.2) is 0 Å². The summed E-state index contributed by atoms with van der Waals surface area (Å²) in [7, 11) is 0. The average Bonchev–Trinajstić information content (AvgIpc) is 2.77. The molecule has 2 bridgehead atoms. The summed E-state index contributed by atoms with van der Waals surface area (Å²) in [6, 6.07) is 5.30. The predicted octanol–water partition coefficient (Wildman–Crippen LogP) is 1.83. The van der Waals surface area contributed by atoms with Crippen LogP contribution < -0.4 is 5.32 Å². The molecule has 92 valence electrons. The molecule has 3 unspecified atom stereocenters. The van der Waals surface area contributed by atoms with E-state index in [2.05, 4.69) is 28.2 Å². The monoisotopic (exact) mass is 231 g/mol. The minimum absolute atomic E-state index is 0.417. The molecule has 0 radical (unpaired) electrons. The second-order valence-corrected chi connectivity index (χ2v) is 5.42. The summed E-state index contributed by atoms with van der Waals surface area (Å²) in [4.78, 5) is 6.79. The Morgan fingerprint density at radius 3 is 3.12 bits per heavy atom. The summed E-state index contributed by atoms with van der Waals surface area (Å²) in [5.41, 5.74) is 1.30. The second kappa shape index (κ2) is 4.75. The third kappa shape index (κ3) is 2.35. The van der Waals surface area contributed by atoms with Gasteiger partial charge in [0.2, 0.25) is 0 Å². The molecule has 0 aromatic carbocycles. The highest BCUT2D eigenvalue weighted by Crippen LogP contribution is 2.28. The van der Waals surface area contributed by atoms with Gasteiger partial charge in [0.1, 0.15) is 0 Å². The average molecular weight is 231 g/mol. The minimum Gasteiger partial charge on any atom is -0.307 e. The number of hydrogen-bond donors (Lipinski definition) is 1. The van der Waals surface area contributed by atoms with E-state index in [-0.39, 0.29) is 0 Å². The normalized spacial score (nSPS) is 33.6. The molecular weight excluding hydrogens is 210 g/mol. The van der Waals surface area contributed by atoms with Crippen molar-refractivity contribution in [3.05, 3.63) is 30.1 Å². The van der Waals surface area contributed by atoms with Crippen molar-refractivity contribution in [2.45, 2.75) is 31.8 Å². The summed E-state index contributed by atoms with van der Waals surface area (Å²) >= 11 is 0. The highest BCUT2D eigenvalue weighted by Gasteiger charge is 2.34. The lowest BCUT2D eigenvalue weighted by Crippen LogP contribution is -2.44. The molecule has 3 rings (SSSR count). The number of piperidine rings is 1. The molecule has 0 aliphatic carbocycles. The smallest absolute Gasteiger partial charge is 0.0315 e. The van der Waals surface area contributed by atoms with Crippen molar-refractivity contribution in [3.8, 4) is 0 Å². The van der Waals surface area contributed by atoms with Crippen LogP contribution in [-0.4, -0.2) is 35.6 Å². The van der Waals surface area contributed by atoms with E-state index in [0.29, 0.717) is 12.1 Å². The third-order valence-electron chi connectivity index (χ3n) is 4.28. The third-order valence-corrected chi connectivity index (χ3v) is 4.28. The first-order valence-corrected chi connectivity index (χ1v) is 6.71. The zero-order valence-corrected chi connectivity index (χ0v) is 10.5. The van der Waals surface area contributed by atoms with Crippen LogP contribution >= 0.6 is 0 Å². The van der Waals surface area contributed by atoms with Crippen molar-refractivity contribution in [3.63, 3.8) is 0 Å². The van der Waals surface area contributed by atoms with Crippen LogP contribution in [0.2, 0.25) is 0 Å². The Balaban J connectivity index is 1.63. The fourth-order valence-electron chi connectivity index (χ4n) is 3.22. The van der Waals surface area contributed by atoms with Gasteiger partial charge in [-0.2, -0.15) is 0 Å². The highest BCUT2D eigenvalue weighted by atomic mass is 15.2. The van der Waals surface area contributed by atoms with Gasteiger partial charge in [-0.15, -0.1) is 0 Å². The lowest BCUT2D eigenvalue weighted by atomic mass is 9.93. The van der Waals surface area contributed by atoms with Crippen molar-refractivity contribution in [2.75, 3.05) is 19.6 Å². The van der Waals surface area contributed by atoms with Gasteiger partial charge in [0.05, 0.1) is 0 Å². The maximum absolute atomic E-state index is 4.20. The van der Waals surface area contributed by atoms with Crippen molar-refractivity contribution in [2.24, 2.45) is 5.92 Å². The van der Waals surface area contributed by atoms with E-state index >= 15 is 0 Å². The summed E-state index contributed by atoms with van der Waals surface area (Å²) in [6.45, 7) is 6.13. The van der Waals surface area contributed by atoms with Gasteiger partial charge in [-0.1, -0.05) is 6.07 Å². The molecule has 1 N–H and O–H groups in total. The lowest BCUT2D eigenvalue weighted by Gasteiger charge is -2.33. The number of hydrogen-bond acceptors (Lipinski definition) is 3. The maximum atomic E-state index is 4.20. The van der Waals surface area contributed by atoms with Crippen LogP contribution in [0.3, 0.4) is 0 Å². The van der Waals surface area contributed by atoms with Crippen molar-refractivity contribution < 1.29 is 0 Å². The predicted molar refractivity (Wildman–Crippen MR) is 68.7 cm³/mol. The SMILES string of the molecule is C[C@@H](NC1CCN2CCC1C2)c1cccnc1. The van der Waals surface area contributed by atoms with Crippen LogP contribution in [-0.2, 0) is 0 Å². The molecule has 0 spiro atoms. The number of nitrogens with zero attached hydrogens (tertiary/aromatic N) is 2. The Hall–Kier alpha value is -0.930. The van der Waals surface area contributed by atoms with E-state index in [1.54, 1.807) is 0 Å². The first-order chi connectivity index (χ1) is 8.33. The van der Waals surface area contributed by atoms with Gasteiger partial charge < -0.3 is 10.2 Å². The molecule has 0 saturated carbocycles. The van der Waals surface area contributed by atoms with Crippen molar-refractivity contribution >= 4 is 0 Å². The molecule has 3 heterocycles. The molecule has 2 saturated heterocycles. The number of aromatic nitrogens is 1. The quantitative estimate of drug-likeness (QED) is 0.860. The second-order valence-electron chi connectivity index (χ2n) is 5.42. The van der Waals surface area contributed by atoms with Gasteiger partial charge in [-0.25, -0.2) is 0 Å². The van der Waals surface area contributed by atoms with Crippen molar-refractivity contribution in [1.29, 1.82) is 0 Å². The number of rotatable bonds is 3. The first-order valence-electron chi connectivity index (χ1n) is 6.71. The Kier molecular flexibility index (Phi) is 3.12. The van der Waals surface area contributed by atoms with Crippen LogP contribution in [0.5, 0.6) is 0 Å². The van der Waals surface area contributed by atoms with E-state index in [9.17, 15) is 0 Å². The van der Waals surface area contributed by atoms with Crippen LogP contribution in [0.15, 0.2) is 24.5 Å². The van der Waals surface area contributed by atoms with Gasteiger partial charge in [0, 0.05) is 31.0 Å². The zero-order valence-electron chi connectivity index (χ0n) is 10.5. The molecule has 2 aliphatic rings. The molecule has 0 amide bonds. The lowest BCUT2D eigenvalue weighted by molar-refractivity contribution is 0.212. The van der Waals surface area contributed by atoms with Gasteiger partial charge in [0.25, 0.3) is 0 Å². The Labute approximate surface area is 103 Å². The molecule has 4 atom stereocenters. The fraction of sp³-hybridized carbons (Fsp3) is 0.643. The summed E-state index contributed by atoms with van der Waals surface area (Å²) in [6.07, 6.45) is 6.49. The van der Waals surface area contributed by atoms with E-state index in [4.69, 9.17) is 0 Å². The summed E-state index contributed by atoms with van der Waals surface area (Å²) in [5.74, 6) is 0.864. The van der Waals surface area contributed by atoms with Crippen molar-refractivity contribution in [1.82, 2.24) is 15.2 Å². The fourth-order valence-corrected chi connectivity index (χ4v) is 3.22. The van der Waals surface area contributed by atoms with Gasteiger partial charge in [-0.3, -0.25) is 4.98 Å². The summed E-state index contributed by atoms with van der Waals surface area (Å²) < 4.78 is 0. The molecule has 17 heavy (non-hydrogen) atoms. The van der Waals surface area contributed by atoms with E-state index in [1.807, 2.05) is 18.5 Å². The van der Waals surface area contributed by atoms with Crippen LogP contribution in [0.25, 0.3) is 0 Å². The summed E-state index contributed by atoms with van der Waals surface area (Å²) in [5, 5.41) is 3.80. The minimum atomic E-state index is 0.417. The topological polar surface area (TPSA) is 28.2 Å².